The fourth-order valence-corrected chi connectivity index (χ4v) is 4.96. The summed E-state index contributed by atoms with van der Waals surface area (Å²) >= 11 is 2.15. The number of aromatic nitrogens is 6. The first-order valence-electron chi connectivity index (χ1n) is 15.2. The molecule has 2 amide bonds. The smallest absolute Gasteiger partial charge is 0.431 e. The molecule has 6 rings (SSSR count). The molecule has 0 bridgehead atoms. The van der Waals surface area contributed by atoms with Crippen LogP contribution in [0.15, 0.2) is 120 Å². The zero-order valence-corrected chi connectivity index (χ0v) is 29.8. The molecule has 0 aliphatic rings. The van der Waals surface area contributed by atoms with Crippen LogP contribution in [0.4, 0.5) is 5.69 Å². The molecule has 4 heterocycles. The van der Waals surface area contributed by atoms with Crippen LogP contribution in [0.1, 0.15) is 17.3 Å². The van der Waals surface area contributed by atoms with Gasteiger partial charge in [-0.1, -0.05) is 12.1 Å². The summed E-state index contributed by atoms with van der Waals surface area (Å²) in [5.74, 6) is -0.331. The molecular formula is C33H33B2IN8O7. The molecular weight excluding hydrogens is 769 g/mol. The number of benzene rings is 2. The molecule has 51 heavy (non-hydrogen) atoms. The van der Waals surface area contributed by atoms with Gasteiger partial charge in [-0.05, 0) is 77.9 Å². The highest BCUT2D eigenvalue weighted by molar-refractivity contribution is 14.1. The van der Waals surface area contributed by atoms with Gasteiger partial charge >= 0.3 is 14.2 Å². The maximum absolute atomic E-state index is 12.1. The van der Waals surface area contributed by atoms with E-state index in [9.17, 15) is 19.2 Å². The van der Waals surface area contributed by atoms with E-state index in [0.717, 1.165) is 20.4 Å². The number of carbonyl (C=O) groups excluding carboxylic acids is 2. The lowest BCUT2D eigenvalue weighted by Crippen LogP contribution is -2.29. The summed E-state index contributed by atoms with van der Waals surface area (Å²) in [6, 6.07) is 20.6. The molecule has 0 saturated carbocycles. The summed E-state index contributed by atoms with van der Waals surface area (Å²) in [7, 11) is -0.703. The summed E-state index contributed by atoms with van der Waals surface area (Å²) in [6.07, 6.45) is 9.59. The molecule has 6 aromatic rings. The fourth-order valence-electron chi connectivity index (χ4n) is 4.50. The Hall–Kier alpha value is -5.56. The number of hydrogen-bond donors (Lipinski definition) is 6. The van der Waals surface area contributed by atoms with Crippen LogP contribution in [0.25, 0.3) is 22.5 Å². The molecule has 6 N–H and O–H groups in total. The van der Waals surface area contributed by atoms with Gasteiger partial charge in [0, 0.05) is 94.2 Å². The maximum Gasteiger partial charge on any atom is 0.491 e. The van der Waals surface area contributed by atoms with Crippen LogP contribution in [0.3, 0.4) is 0 Å². The summed E-state index contributed by atoms with van der Waals surface area (Å²) < 4.78 is 5.26. The number of nitrogens with zero attached hydrogens (tertiary/aromatic N) is 5. The van der Waals surface area contributed by atoms with Gasteiger partial charge in [0.05, 0.1) is 11.9 Å². The summed E-state index contributed by atoms with van der Waals surface area (Å²) in [5, 5.41) is 41.8. The third kappa shape index (κ3) is 10.7. The van der Waals surface area contributed by atoms with Gasteiger partial charge in [0.1, 0.15) is 0 Å². The molecule has 0 aliphatic heterocycles. The van der Waals surface area contributed by atoms with Crippen molar-refractivity contribution in [3.63, 3.8) is 0 Å². The number of amides is 2. The maximum atomic E-state index is 12.1. The second-order valence-corrected chi connectivity index (χ2v) is 12.0. The minimum atomic E-state index is -1.53. The topological polar surface area (TPSA) is 209 Å². The van der Waals surface area contributed by atoms with Crippen molar-refractivity contribution in [2.24, 2.45) is 0 Å². The molecule has 0 atom stereocenters. The van der Waals surface area contributed by atoms with Crippen molar-refractivity contribution in [3.05, 3.63) is 140 Å². The number of halogens is 1. The first kappa shape index (κ1) is 38.2. The van der Waals surface area contributed by atoms with Gasteiger partial charge < -0.3 is 25.7 Å². The Morgan fingerprint density at radius 3 is 2.10 bits per heavy atom. The van der Waals surface area contributed by atoms with Gasteiger partial charge in [-0.25, -0.2) is 0 Å². The Morgan fingerprint density at radius 2 is 1.51 bits per heavy atom. The Balaban J connectivity index is 0.000000181. The van der Waals surface area contributed by atoms with Crippen LogP contribution in [-0.4, -0.2) is 77.1 Å². The molecule has 260 valence electrons. The van der Waals surface area contributed by atoms with Crippen LogP contribution in [-0.2, 0) is 4.79 Å². The number of hydrogen-bond acceptors (Lipinski definition) is 9. The number of nitrogens with one attached hydrogen (secondary N) is 3. The molecule has 0 aliphatic carbocycles. The Morgan fingerprint density at radius 1 is 0.843 bits per heavy atom. The minimum Gasteiger partial charge on any atom is -0.431 e. The van der Waals surface area contributed by atoms with E-state index in [2.05, 4.69) is 48.5 Å². The first-order valence-corrected chi connectivity index (χ1v) is 16.3. The lowest BCUT2D eigenvalue weighted by atomic mass is 9.82. The molecule has 0 unspecified atom stereocenters. The number of pyridine rings is 2. The average molecular weight is 802 g/mol. The number of anilines is 1. The van der Waals surface area contributed by atoms with Crippen LogP contribution < -0.4 is 27.2 Å². The number of aromatic amines is 1. The zero-order chi connectivity index (χ0) is 37.1. The Bertz CT molecular complexity index is 2200. The fraction of sp³-hybridized carbons (Fsp3) is 0.0909. The van der Waals surface area contributed by atoms with Crippen molar-refractivity contribution in [1.29, 1.82) is 0 Å². The predicted molar refractivity (Wildman–Crippen MR) is 203 cm³/mol. The predicted octanol–water partition coefficient (Wildman–Crippen LogP) is 1.51. The summed E-state index contributed by atoms with van der Waals surface area (Å²) in [5.41, 5.74) is 4.28. The minimum absolute atomic E-state index is 0.101. The molecule has 0 spiro atoms. The number of H-pyrrole nitrogens is 1. The second kappa shape index (κ2) is 17.9. The van der Waals surface area contributed by atoms with E-state index in [0.29, 0.717) is 16.9 Å². The Labute approximate surface area is 306 Å². The van der Waals surface area contributed by atoms with E-state index in [1.807, 2.05) is 6.07 Å². The molecule has 0 radical (unpaired) electrons. The van der Waals surface area contributed by atoms with E-state index in [1.165, 1.54) is 47.4 Å². The molecule has 0 saturated heterocycles. The highest BCUT2D eigenvalue weighted by Gasteiger charge is 2.16. The van der Waals surface area contributed by atoms with Crippen molar-refractivity contribution < 1.29 is 24.7 Å². The van der Waals surface area contributed by atoms with Crippen molar-refractivity contribution in [2.45, 2.75) is 13.7 Å². The van der Waals surface area contributed by atoms with Gasteiger partial charge in [0.25, 0.3) is 17.0 Å². The van der Waals surface area contributed by atoms with Crippen LogP contribution in [0, 0.1) is 3.57 Å². The van der Waals surface area contributed by atoms with Gasteiger partial charge in [-0.15, -0.1) is 0 Å². The highest BCUT2D eigenvalue weighted by Crippen LogP contribution is 2.18. The molecule has 0 fully saturated rings. The van der Waals surface area contributed by atoms with Crippen LogP contribution >= 0.6 is 22.6 Å². The van der Waals surface area contributed by atoms with E-state index in [-0.39, 0.29) is 28.4 Å². The molecule has 18 heteroatoms. The van der Waals surface area contributed by atoms with Crippen LogP contribution in [0.2, 0.25) is 6.82 Å². The van der Waals surface area contributed by atoms with Crippen molar-refractivity contribution in [2.75, 3.05) is 12.4 Å². The van der Waals surface area contributed by atoms with E-state index in [4.69, 9.17) is 15.1 Å². The zero-order valence-electron chi connectivity index (χ0n) is 27.6. The largest absolute Gasteiger partial charge is 0.491 e. The van der Waals surface area contributed by atoms with Crippen molar-refractivity contribution in [3.8, 4) is 22.5 Å². The van der Waals surface area contributed by atoms with Gasteiger partial charge in [-0.2, -0.15) is 10.2 Å². The van der Waals surface area contributed by atoms with E-state index in [1.54, 1.807) is 91.0 Å². The summed E-state index contributed by atoms with van der Waals surface area (Å²) in [6.45, 7) is 2.98. The van der Waals surface area contributed by atoms with E-state index < -0.39 is 14.2 Å². The van der Waals surface area contributed by atoms with Gasteiger partial charge in [0.15, 0.2) is 0 Å². The lowest BCUT2D eigenvalue weighted by molar-refractivity contribution is -0.114. The van der Waals surface area contributed by atoms with E-state index >= 15 is 0 Å². The first-order chi connectivity index (χ1) is 24.4. The molecule has 15 nitrogen and oxygen atoms in total. The SMILES string of the molecule is CB(O)n1cc(B(O)O)cn1.CC(=O)Nc1cccc(-n2cc(I)ccc2=O)c1.CNC(=O)c1cccc(-n2cc(-c3cn[nH]c3)ccc2=O)c1. The lowest BCUT2D eigenvalue weighted by Gasteiger charge is -2.09. The number of rotatable bonds is 7. The molecule has 2 aromatic carbocycles. The highest BCUT2D eigenvalue weighted by atomic mass is 127. The standard InChI is InChI=1S/C16H14N4O2.C13H11IN2O2.C4H8B2N2O3/c1-17-16(22)11-3-2-4-14(7-11)20-10-12(5-6-15(20)21)13-8-18-19-9-13;1-9(17)15-11-3-2-4-12(7-11)16-8-10(14)5-6-13(16)18;1-5(9)8-3-4(2-7-8)6(10)11/h2-10H,1H3,(H,17,22)(H,18,19);2-8H,1H3,(H,15,17);2-3,9-11H,1H3. The van der Waals surface area contributed by atoms with Gasteiger partial charge in [0.2, 0.25) is 5.91 Å². The van der Waals surface area contributed by atoms with Crippen molar-refractivity contribution in [1.82, 2.24) is 34.3 Å². The quantitative estimate of drug-likeness (QED) is 0.102. The Kier molecular flexibility index (Phi) is 13.4. The second-order valence-electron chi connectivity index (χ2n) is 10.8. The number of carbonyl (C=O) groups is 2. The monoisotopic (exact) mass is 802 g/mol. The third-order valence-corrected chi connectivity index (χ3v) is 7.62. The summed E-state index contributed by atoms with van der Waals surface area (Å²) in [4.78, 5) is 46.6. The average Bonchev–Trinajstić information content (AvgIpc) is 3.84. The van der Waals surface area contributed by atoms with Crippen LogP contribution in [0.5, 0.6) is 0 Å². The normalized spacial score (nSPS) is 10.2. The van der Waals surface area contributed by atoms with Crippen molar-refractivity contribution >= 4 is 59.7 Å². The molecule has 4 aromatic heterocycles. The van der Waals surface area contributed by atoms with Gasteiger partial charge in [-0.3, -0.25) is 38.0 Å². The third-order valence-electron chi connectivity index (χ3n) is 6.98.